The van der Waals surface area contributed by atoms with Gasteiger partial charge in [0.05, 0.1) is 24.6 Å². The van der Waals surface area contributed by atoms with Crippen LogP contribution in [0.15, 0.2) is 42.5 Å². The molecule has 1 amide bonds. The molecule has 0 radical (unpaired) electrons. The predicted molar refractivity (Wildman–Crippen MR) is 117 cm³/mol. The van der Waals surface area contributed by atoms with Gasteiger partial charge >= 0.3 is 0 Å². The van der Waals surface area contributed by atoms with Gasteiger partial charge in [-0.1, -0.05) is 23.8 Å². The van der Waals surface area contributed by atoms with E-state index in [1.165, 1.54) is 0 Å². The zero-order valence-electron chi connectivity index (χ0n) is 17.9. The maximum atomic E-state index is 12.9. The summed E-state index contributed by atoms with van der Waals surface area (Å²) in [6, 6.07) is 11.6. The molecule has 6 nitrogen and oxygen atoms in total. The third kappa shape index (κ3) is 5.73. The normalized spacial score (nSPS) is 13.4. The minimum atomic E-state index is -3.67. The highest BCUT2D eigenvalue weighted by Crippen LogP contribution is 2.25. The van der Waals surface area contributed by atoms with Crippen LogP contribution in [-0.2, 0) is 14.8 Å². The SMILES string of the molecule is CCOc1ccc(N([C@H](C)C(=O)N[C@H](C)c2ccc(C)cc2C)S(C)(=O)=O)cc1. The van der Waals surface area contributed by atoms with Gasteiger partial charge < -0.3 is 10.1 Å². The molecule has 158 valence electrons. The average molecular weight is 419 g/mol. The number of amides is 1. The Morgan fingerprint density at radius 2 is 1.72 bits per heavy atom. The molecule has 0 aliphatic heterocycles. The molecule has 1 N–H and O–H groups in total. The van der Waals surface area contributed by atoms with Gasteiger partial charge in [-0.3, -0.25) is 9.10 Å². The molecule has 2 rings (SSSR count). The van der Waals surface area contributed by atoms with Crippen LogP contribution in [0.2, 0.25) is 0 Å². The minimum Gasteiger partial charge on any atom is -0.494 e. The number of hydrogen-bond acceptors (Lipinski definition) is 4. The molecule has 29 heavy (non-hydrogen) atoms. The van der Waals surface area contributed by atoms with Crippen LogP contribution in [0.25, 0.3) is 0 Å². The molecule has 0 saturated carbocycles. The van der Waals surface area contributed by atoms with Crippen LogP contribution in [0.4, 0.5) is 5.69 Å². The molecule has 0 bridgehead atoms. The molecule has 0 aliphatic carbocycles. The van der Waals surface area contributed by atoms with Crippen molar-refractivity contribution in [2.75, 3.05) is 17.2 Å². The van der Waals surface area contributed by atoms with Crippen LogP contribution < -0.4 is 14.4 Å². The van der Waals surface area contributed by atoms with Crippen molar-refractivity contribution in [2.45, 2.75) is 46.7 Å². The summed E-state index contributed by atoms with van der Waals surface area (Å²) >= 11 is 0. The van der Waals surface area contributed by atoms with Gasteiger partial charge in [-0.15, -0.1) is 0 Å². The lowest BCUT2D eigenvalue weighted by molar-refractivity contribution is -0.122. The maximum Gasteiger partial charge on any atom is 0.244 e. The lowest BCUT2D eigenvalue weighted by atomic mass is 10.00. The quantitative estimate of drug-likeness (QED) is 0.709. The number of sulfonamides is 1. The Bertz CT molecular complexity index is 955. The summed E-state index contributed by atoms with van der Waals surface area (Å²) < 4.78 is 31.4. The van der Waals surface area contributed by atoms with E-state index in [0.717, 1.165) is 27.3 Å². The fourth-order valence-electron chi connectivity index (χ4n) is 3.39. The van der Waals surface area contributed by atoms with Crippen molar-refractivity contribution in [3.05, 3.63) is 59.2 Å². The van der Waals surface area contributed by atoms with Gasteiger partial charge in [0.1, 0.15) is 11.8 Å². The molecule has 0 aromatic heterocycles. The number of rotatable bonds is 8. The van der Waals surface area contributed by atoms with Crippen molar-refractivity contribution in [2.24, 2.45) is 0 Å². The smallest absolute Gasteiger partial charge is 0.244 e. The highest BCUT2D eigenvalue weighted by Gasteiger charge is 2.30. The van der Waals surface area contributed by atoms with Crippen LogP contribution in [-0.4, -0.2) is 33.2 Å². The van der Waals surface area contributed by atoms with Gasteiger partial charge in [0.2, 0.25) is 15.9 Å². The van der Waals surface area contributed by atoms with Gasteiger partial charge in [0.15, 0.2) is 0 Å². The van der Waals surface area contributed by atoms with E-state index in [9.17, 15) is 13.2 Å². The number of carbonyl (C=O) groups excluding carboxylic acids is 1. The first-order valence-electron chi connectivity index (χ1n) is 9.64. The number of ether oxygens (including phenoxy) is 1. The Hall–Kier alpha value is -2.54. The first-order valence-corrected chi connectivity index (χ1v) is 11.5. The van der Waals surface area contributed by atoms with Crippen molar-refractivity contribution in [3.63, 3.8) is 0 Å². The molecule has 0 fully saturated rings. The first kappa shape index (κ1) is 22.7. The van der Waals surface area contributed by atoms with Crippen molar-refractivity contribution in [1.29, 1.82) is 0 Å². The summed E-state index contributed by atoms with van der Waals surface area (Å²) in [5.41, 5.74) is 3.65. The summed E-state index contributed by atoms with van der Waals surface area (Å²) in [6.07, 6.45) is 1.10. The molecule has 0 saturated heterocycles. The third-order valence-electron chi connectivity index (χ3n) is 4.74. The summed E-state index contributed by atoms with van der Waals surface area (Å²) in [6.45, 7) is 9.88. The maximum absolute atomic E-state index is 12.9. The topological polar surface area (TPSA) is 75.7 Å². The highest BCUT2D eigenvalue weighted by molar-refractivity contribution is 7.92. The van der Waals surface area contributed by atoms with E-state index in [4.69, 9.17) is 4.74 Å². The number of carbonyl (C=O) groups is 1. The number of hydrogen-bond donors (Lipinski definition) is 1. The summed E-state index contributed by atoms with van der Waals surface area (Å²) in [4.78, 5) is 12.9. The Balaban J connectivity index is 2.24. The average Bonchev–Trinajstić information content (AvgIpc) is 2.62. The zero-order valence-corrected chi connectivity index (χ0v) is 18.7. The van der Waals surface area contributed by atoms with E-state index in [0.29, 0.717) is 18.0 Å². The van der Waals surface area contributed by atoms with Crippen LogP contribution in [0, 0.1) is 13.8 Å². The molecule has 0 aliphatic rings. The molecular formula is C22H30N2O4S. The first-order chi connectivity index (χ1) is 13.5. The standard InChI is InChI=1S/C22H30N2O4S/c1-7-28-20-11-9-19(10-12-20)24(29(6,26)27)18(5)22(25)23-17(4)21-13-8-15(2)14-16(21)3/h8-14,17-18H,7H2,1-6H3,(H,23,25)/t17-,18-/m1/s1. The van der Waals surface area contributed by atoms with E-state index in [1.54, 1.807) is 31.2 Å². The summed E-state index contributed by atoms with van der Waals surface area (Å²) in [7, 11) is -3.67. The fraction of sp³-hybridized carbons (Fsp3) is 0.409. The largest absolute Gasteiger partial charge is 0.494 e. The van der Waals surface area contributed by atoms with Crippen molar-refractivity contribution < 1.29 is 17.9 Å². The van der Waals surface area contributed by atoms with Gasteiger partial charge in [0, 0.05) is 0 Å². The van der Waals surface area contributed by atoms with E-state index in [1.807, 2.05) is 39.8 Å². The van der Waals surface area contributed by atoms with Crippen molar-refractivity contribution >= 4 is 21.6 Å². The Kier molecular flexibility index (Phi) is 7.30. The number of aryl methyl sites for hydroxylation is 2. The van der Waals surface area contributed by atoms with Gasteiger partial charge in [0.25, 0.3) is 0 Å². The summed E-state index contributed by atoms with van der Waals surface area (Å²) in [5.74, 6) is 0.280. The Morgan fingerprint density at radius 1 is 1.10 bits per heavy atom. The lowest BCUT2D eigenvalue weighted by Crippen LogP contribution is -2.48. The van der Waals surface area contributed by atoms with Gasteiger partial charge in [-0.25, -0.2) is 8.42 Å². The monoisotopic (exact) mass is 418 g/mol. The Morgan fingerprint density at radius 3 is 2.24 bits per heavy atom. The van der Waals surface area contributed by atoms with Crippen molar-refractivity contribution in [1.82, 2.24) is 5.32 Å². The molecule has 0 unspecified atom stereocenters. The molecule has 0 spiro atoms. The predicted octanol–water partition coefficient (Wildman–Crippen LogP) is 3.73. The summed E-state index contributed by atoms with van der Waals surface area (Å²) in [5, 5.41) is 2.94. The van der Waals surface area contributed by atoms with Crippen LogP contribution in [0.1, 0.15) is 43.5 Å². The molecular weight excluding hydrogens is 388 g/mol. The lowest BCUT2D eigenvalue weighted by Gasteiger charge is -2.29. The molecule has 0 heterocycles. The van der Waals surface area contributed by atoms with E-state index in [2.05, 4.69) is 11.4 Å². The molecule has 2 atom stereocenters. The third-order valence-corrected chi connectivity index (χ3v) is 5.98. The fourth-order valence-corrected chi connectivity index (χ4v) is 4.56. The zero-order chi connectivity index (χ0) is 21.8. The van der Waals surface area contributed by atoms with E-state index in [-0.39, 0.29) is 11.9 Å². The highest BCUT2D eigenvalue weighted by atomic mass is 32.2. The number of benzene rings is 2. The van der Waals surface area contributed by atoms with Gasteiger partial charge in [-0.05, 0) is 70.0 Å². The molecule has 7 heteroatoms. The molecule has 2 aromatic rings. The Labute approximate surface area is 173 Å². The van der Waals surface area contributed by atoms with Gasteiger partial charge in [-0.2, -0.15) is 0 Å². The molecule has 2 aromatic carbocycles. The minimum absolute atomic E-state index is 0.243. The second-order valence-electron chi connectivity index (χ2n) is 7.25. The van der Waals surface area contributed by atoms with E-state index >= 15 is 0 Å². The van der Waals surface area contributed by atoms with Crippen molar-refractivity contribution in [3.8, 4) is 5.75 Å². The van der Waals surface area contributed by atoms with Crippen LogP contribution in [0.5, 0.6) is 5.75 Å². The van der Waals surface area contributed by atoms with Crippen LogP contribution in [0.3, 0.4) is 0 Å². The second kappa shape index (κ2) is 9.31. The van der Waals surface area contributed by atoms with Crippen LogP contribution >= 0.6 is 0 Å². The second-order valence-corrected chi connectivity index (χ2v) is 9.11. The van der Waals surface area contributed by atoms with E-state index < -0.39 is 16.1 Å². The number of nitrogens with one attached hydrogen (secondary N) is 1. The number of anilines is 1. The number of nitrogens with zero attached hydrogens (tertiary/aromatic N) is 1.